The first-order chi connectivity index (χ1) is 10.9. The number of aromatic nitrogens is 2. The summed E-state index contributed by atoms with van der Waals surface area (Å²) in [6.07, 6.45) is 0. The lowest BCUT2D eigenvalue weighted by atomic mass is 10.2. The molecule has 0 fully saturated rings. The van der Waals surface area contributed by atoms with Crippen molar-refractivity contribution in [2.24, 2.45) is 0 Å². The van der Waals surface area contributed by atoms with Crippen LogP contribution in [0.3, 0.4) is 0 Å². The van der Waals surface area contributed by atoms with Crippen LogP contribution >= 0.6 is 0 Å². The lowest BCUT2D eigenvalue weighted by Crippen LogP contribution is -2.34. The van der Waals surface area contributed by atoms with Crippen LogP contribution in [0.1, 0.15) is 11.3 Å². The van der Waals surface area contributed by atoms with Gasteiger partial charge in [0.1, 0.15) is 0 Å². The van der Waals surface area contributed by atoms with E-state index in [-0.39, 0.29) is 19.0 Å². The third-order valence-electron chi connectivity index (χ3n) is 3.25. The maximum absolute atomic E-state index is 12.3. The normalized spacial score (nSPS) is 13.3. The van der Waals surface area contributed by atoms with E-state index in [2.05, 4.69) is 9.71 Å². The van der Waals surface area contributed by atoms with Crippen molar-refractivity contribution in [2.45, 2.75) is 18.4 Å². The van der Waals surface area contributed by atoms with E-state index >= 15 is 0 Å². The van der Waals surface area contributed by atoms with E-state index in [4.69, 9.17) is 9.47 Å². The number of hydrogen-bond acceptors (Lipinski definition) is 6. The third kappa shape index (κ3) is 2.98. The number of rotatable bonds is 4. The maximum atomic E-state index is 12.3. The third-order valence-corrected chi connectivity index (χ3v) is 4.80. The zero-order valence-corrected chi connectivity index (χ0v) is 12.8. The summed E-state index contributed by atoms with van der Waals surface area (Å²) in [6.45, 7) is 1.42. The highest BCUT2D eigenvalue weighted by molar-refractivity contribution is 7.89. The number of nitrogens with one attached hydrogen (secondary N) is 3. The van der Waals surface area contributed by atoms with Crippen molar-refractivity contribution in [2.75, 3.05) is 6.79 Å². The molecule has 0 unspecified atom stereocenters. The summed E-state index contributed by atoms with van der Waals surface area (Å²) in [5, 5.41) is 0. The molecule has 9 nitrogen and oxygen atoms in total. The van der Waals surface area contributed by atoms with Gasteiger partial charge in [-0.1, -0.05) is 6.07 Å². The van der Waals surface area contributed by atoms with Crippen molar-refractivity contribution in [3.63, 3.8) is 0 Å². The molecule has 2 heterocycles. The molecule has 0 atom stereocenters. The number of fused-ring (bicyclic) bond motifs is 1. The van der Waals surface area contributed by atoms with E-state index in [1.165, 1.54) is 6.92 Å². The van der Waals surface area contributed by atoms with E-state index in [0.29, 0.717) is 17.1 Å². The number of aromatic amines is 2. The lowest BCUT2D eigenvalue weighted by Gasteiger charge is -2.08. The molecule has 0 saturated heterocycles. The molecule has 2 aromatic rings. The number of H-pyrrole nitrogens is 2. The first-order valence-electron chi connectivity index (χ1n) is 6.58. The van der Waals surface area contributed by atoms with Crippen LogP contribution in [0.15, 0.2) is 32.7 Å². The average molecular weight is 339 g/mol. The van der Waals surface area contributed by atoms with E-state index in [9.17, 15) is 18.0 Å². The Bertz CT molecular complexity index is 976. The minimum atomic E-state index is -4.09. The van der Waals surface area contributed by atoms with Crippen molar-refractivity contribution in [1.29, 1.82) is 0 Å². The van der Waals surface area contributed by atoms with Gasteiger partial charge in [0, 0.05) is 12.2 Å². The molecule has 3 N–H and O–H groups in total. The largest absolute Gasteiger partial charge is 0.454 e. The Morgan fingerprint density at radius 2 is 1.91 bits per heavy atom. The molecule has 23 heavy (non-hydrogen) atoms. The highest BCUT2D eigenvalue weighted by Gasteiger charge is 2.22. The van der Waals surface area contributed by atoms with Crippen molar-refractivity contribution < 1.29 is 17.9 Å². The highest BCUT2D eigenvalue weighted by atomic mass is 32.2. The minimum absolute atomic E-state index is 0.0306. The van der Waals surface area contributed by atoms with Gasteiger partial charge in [0.05, 0.1) is 0 Å². The summed E-state index contributed by atoms with van der Waals surface area (Å²) < 4.78 is 37.3. The molecular formula is C13H13N3O6S. The van der Waals surface area contributed by atoms with E-state index < -0.39 is 26.2 Å². The fraction of sp³-hybridized carbons (Fsp3) is 0.231. The van der Waals surface area contributed by atoms with Crippen LogP contribution < -0.4 is 25.4 Å². The van der Waals surface area contributed by atoms with Gasteiger partial charge in [-0.3, -0.25) is 9.78 Å². The molecular weight excluding hydrogens is 326 g/mol. The number of benzene rings is 1. The Morgan fingerprint density at radius 1 is 1.17 bits per heavy atom. The van der Waals surface area contributed by atoms with E-state index in [0.717, 1.165) is 0 Å². The number of ether oxygens (including phenoxy) is 2. The molecule has 0 radical (unpaired) electrons. The molecule has 1 aliphatic rings. The van der Waals surface area contributed by atoms with E-state index in [1.807, 2.05) is 4.98 Å². The van der Waals surface area contributed by atoms with Crippen LogP contribution in [0.5, 0.6) is 11.5 Å². The Hall–Kier alpha value is -2.59. The zero-order valence-electron chi connectivity index (χ0n) is 12.0. The molecule has 1 aliphatic heterocycles. The fourth-order valence-electron chi connectivity index (χ4n) is 2.21. The Morgan fingerprint density at radius 3 is 2.65 bits per heavy atom. The summed E-state index contributed by atoms with van der Waals surface area (Å²) in [7, 11) is -4.09. The number of aryl methyl sites for hydroxylation is 1. The zero-order chi connectivity index (χ0) is 16.6. The Labute approximate surface area is 130 Å². The van der Waals surface area contributed by atoms with Gasteiger partial charge >= 0.3 is 5.69 Å². The highest BCUT2D eigenvalue weighted by Crippen LogP contribution is 2.32. The summed E-state index contributed by atoms with van der Waals surface area (Å²) in [5.74, 6) is 1.12. The van der Waals surface area contributed by atoms with Crippen LogP contribution in [0, 0.1) is 6.92 Å². The first kappa shape index (κ1) is 15.3. The monoisotopic (exact) mass is 339 g/mol. The van der Waals surface area contributed by atoms with Crippen LogP contribution in [0.25, 0.3) is 0 Å². The molecule has 0 saturated carbocycles. The molecule has 0 spiro atoms. The second-order valence-corrected chi connectivity index (χ2v) is 6.58. The fourth-order valence-corrected chi connectivity index (χ4v) is 3.46. The van der Waals surface area contributed by atoms with Crippen molar-refractivity contribution in [3.8, 4) is 11.5 Å². The second-order valence-electron chi connectivity index (χ2n) is 4.87. The smallest absolute Gasteiger partial charge is 0.325 e. The van der Waals surface area contributed by atoms with Gasteiger partial charge in [-0.05, 0) is 24.6 Å². The lowest BCUT2D eigenvalue weighted by molar-refractivity contribution is 0.174. The van der Waals surface area contributed by atoms with Gasteiger partial charge in [-0.15, -0.1) is 0 Å². The van der Waals surface area contributed by atoms with Gasteiger partial charge in [-0.25, -0.2) is 17.9 Å². The van der Waals surface area contributed by atoms with Gasteiger partial charge in [0.25, 0.3) is 5.56 Å². The topological polar surface area (TPSA) is 130 Å². The van der Waals surface area contributed by atoms with Crippen molar-refractivity contribution >= 4 is 10.0 Å². The van der Waals surface area contributed by atoms with Gasteiger partial charge in [0.2, 0.25) is 16.8 Å². The van der Waals surface area contributed by atoms with Gasteiger partial charge < -0.3 is 14.5 Å². The summed E-state index contributed by atoms with van der Waals surface area (Å²) in [4.78, 5) is 26.5. The molecule has 1 aromatic carbocycles. The van der Waals surface area contributed by atoms with Gasteiger partial charge in [-0.2, -0.15) is 0 Å². The molecule has 0 bridgehead atoms. The summed E-state index contributed by atoms with van der Waals surface area (Å²) >= 11 is 0. The molecule has 1 aromatic heterocycles. The second kappa shape index (κ2) is 5.56. The maximum Gasteiger partial charge on any atom is 0.325 e. The quantitative estimate of drug-likeness (QED) is 0.693. The predicted octanol–water partition coefficient (Wildman–Crippen LogP) is -0.421. The van der Waals surface area contributed by atoms with Gasteiger partial charge in [0.15, 0.2) is 16.4 Å². The summed E-state index contributed by atoms with van der Waals surface area (Å²) in [6, 6.07) is 5.00. The molecule has 122 valence electrons. The first-order valence-corrected chi connectivity index (χ1v) is 8.06. The Kier molecular flexibility index (Phi) is 3.70. The summed E-state index contributed by atoms with van der Waals surface area (Å²) in [5.41, 5.74) is -1.13. The van der Waals surface area contributed by atoms with E-state index in [1.54, 1.807) is 18.2 Å². The van der Waals surface area contributed by atoms with Crippen LogP contribution in [0.4, 0.5) is 0 Å². The van der Waals surface area contributed by atoms with Crippen LogP contribution in [-0.2, 0) is 16.6 Å². The van der Waals surface area contributed by atoms with Crippen molar-refractivity contribution in [3.05, 3.63) is 50.3 Å². The molecule has 10 heteroatoms. The Balaban J connectivity index is 1.85. The van der Waals surface area contributed by atoms with Crippen molar-refractivity contribution in [1.82, 2.24) is 14.7 Å². The standard InChI is InChI=1S/C13H13N3O6S/c1-7-11(12(17)16-13(18)15-7)23(19,20)14-5-8-2-3-9-10(4-8)22-6-21-9/h2-4,14H,5-6H2,1H3,(H2,15,16,17,18). The minimum Gasteiger partial charge on any atom is -0.454 e. The molecule has 3 rings (SSSR count). The predicted molar refractivity (Wildman–Crippen MR) is 79.0 cm³/mol. The molecule has 0 amide bonds. The van der Waals surface area contributed by atoms with Crippen LogP contribution in [0.2, 0.25) is 0 Å². The number of sulfonamides is 1. The average Bonchev–Trinajstić information content (AvgIpc) is 2.91. The van der Waals surface area contributed by atoms with Crippen LogP contribution in [-0.4, -0.2) is 25.2 Å². The number of hydrogen-bond donors (Lipinski definition) is 3. The molecule has 0 aliphatic carbocycles. The SMILES string of the molecule is Cc1[nH]c(=O)[nH]c(=O)c1S(=O)(=O)NCc1ccc2c(c1)OCO2.